The molecule has 0 N–H and O–H groups in total. The molecule has 0 radical (unpaired) electrons. The van der Waals surface area contributed by atoms with Crippen LogP contribution in [-0.2, 0) is 31.7 Å². The van der Waals surface area contributed by atoms with Crippen molar-refractivity contribution in [3.63, 3.8) is 0 Å². The molecule has 162 valence electrons. The van der Waals surface area contributed by atoms with E-state index in [4.69, 9.17) is 14.0 Å². The van der Waals surface area contributed by atoms with E-state index in [0.717, 1.165) is 16.6 Å². The number of hydrogen-bond acceptors (Lipinski definition) is 5. The molecule has 0 bridgehead atoms. The summed E-state index contributed by atoms with van der Waals surface area (Å²) >= 11 is 0. The van der Waals surface area contributed by atoms with E-state index in [0.29, 0.717) is 6.42 Å². The molecule has 4 rings (SSSR count). The maximum Gasteiger partial charge on any atom is 0.494 e. The topological polar surface area (TPSA) is 65.1 Å². The third-order valence-electron chi connectivity index (χ3n) is 6.40. The maximum atomic E-state index is 12.9. The molecule has 2 heterocycles. The standard InChI is InChI=1S/C24H28BNO5/c1-23(2)24(3,4)31-25(30-23)19-12-10-18(11-13-19)15-21(27)26-20(16-29-22(26)28)14-17-8-6-5-7-9-17/h5-13,20H,14-16H2,1-4H3/t20-/m1/s1. The fraction of sp³-hybridized carbons (Fsp3) is 0.417. The highest BCUT2D eigenvalue weighted by molar-refractivity contribution is 6.62. The minimum Gasteiger partial charge on any atom is -0.447 e. The molecule has 0 spiro atoms. The summed E-state index contributed by atoms with van der Waals surface area (Å²) in [5.41, 5.74) is 1.98. The summed E-state index contributed by atoms with van der Waals surface area (Å²) in [6, 6.07) is 17.1. The van der Waals surface area contributed by atoms with Gasteiger partial charge in [-0.3, -0.25) is 4.79 Å². The molecule has 2 fully saturated rings. The largest absolute Gasteiger partial charge is 0.494 e. The number of imide groups is 1. The molecule has 2 aliphatic heterocycles. The van der Waals surface area contributed by atoms with Crippen molar-refractivity contribution < 1.29 is 23.6 Å². The lowest BCUT2D eigenvalue weighted by atomic mass is 9.79. The average Bonchev–Trinajstić information content (AvgIpc) is 3.18. The summed E-state index contributed by atoms with van der Waals surface area (Å²) in [5.74, 6) is -0.258. The van der Waals surface area contributed by atoms with Crippen LogP contribution in [0.2, 0.25) is 0 Å². The van der Waals surface area contributed by atoms with Crippen LogP contribution >= 0.6 is 0 Å². The van der Waals surface area contributed by atoms with Gasteiger partial charge in [0.1, 0.15) is 6.61 Å². The van der Waals surface area contributed by atoms with Gasteiger partial charge < -0.3 is 14.0 Å². The minimum atomic E-state index is -0.570. The maximum absolute atomic E-state index is 12.9. The van der Waals surface area contributed by atoms with Gasteiger partial charge in [-0.2, -0.15) is 0 Å². The molecular weight excluding hydrogens is 393 g/mol. The number of cyclic esters (lactones) is 1. The van der Waals surface area contributed by atoms with Crippen LogP contribution in [0.4, 0.5) is 4.79 Å². The van der Waals surface area contributed by atoms with Crippen LogP contribution in [0, 0.1) is 0 Å². The van der Waals surface area contributed by atoms with Gasteiger partial charge in [0.25, 0.3) is 0 Å². The Hall–Kier alpha value is -2.64. The highest BCUT2D eigenvalue weighted by atomic mass is 16.7. The van der Waals surface area contributed by atoms with E-state index >= 15 is 0 Å². The lowest BCUT2D eigenvalue weighted by molar-refractivity contribution is -0.128. The molecule has 2 saturated heterocycles. The molecule has 0 saturated carbocycles. The quantitative estimate of drug-likeness (QED) is 0.695. The number of ether oxygens (including phenoxy) is 1. The second-order valence-electron chi connectivity index (χ2n) is 9.19. The van der Waals surface area contributed by atoms with E-state index in [1.165, 1.54) is 4.90 Å². The van der Waals surface area contributed by atoms with Crippen LogP contribution in [0.1, 0.15) is 38.8 Å². The highest BCUT2D eigenvalue weighted by Crippen LogP contribution is 2.36. The second kappa shape index (κ2) is 8.13. The van der Waals surface area contributed by atoms with E-state index in [9.17, 15) is 9.59 Å². The van der Waals surface area contributed by atoms with Crippen molar-refractivity contribution in [2.45, 2.75) is 57.8 Å². The Morgan fingerprint density at radius 1 is 0.968 bits per heavy atom. The van der Waals surface area contributed by atoms with Gasteiger partial charge in [-0.25, -0.2) is 9.69 Å². The molecule has 2 aliphatic rings. The van der Waals surface area contributed by atoms with Crippen LogP contribution in [0.15, 0.2) is 54.6 Å². The van der Waals surface area contributed by atoms with E-state index < -0.39 is 24.4 Å². The van der Waals surface area contributed by atoms with Gasteiger partial charge in [0.15, 0.2) is 0 Å². The molecule has 6 nitrogen and oxygen atoms in total. The summed E-state index contributed by atoms with van der Waals surface area (Å²) < 4.78 is 17.3. The second-order valence-corrected chi connectivity index (χ2v) is 9.19. The van der Waals surface area contributed by atoms with Crippen molar-refractivity contribution in [2.75, 3.05) is 6.61 Å². The van der Waals surface area contributed by atoms with E-state index in [2.05, 4.69) is 0 Å². The van der Waals surface area contributed by atoms with Gasteiger partial charge in [0.2, 0.25) is 5.91 Å². The van der Waals surface area contributed by atoms with Gasteiger partial charge in [-0.15, -0.1) is 0 Å². The van der Waals surface area contributed by atoms with Crippen LogP contribution in [-0.4, -0.2) is 47.9 Å². The van der Waals surface area contributed by atoms with Crippen molar-refractivity contribution in [1.82, 2.24) is 4.90 Å². The van der Waals surface area contributed by atoms with Gasteiger partial charge in [0, 0.05) is 0 Å². The van der Waals surface area contributed by atoms with Gasteiger partial charge >= 0.3 is 13.2 Å². The van der Waals surface area contributed by atoms with Gasteiger partial charge in [-0.05, 0) is 50.7 Å². The van der Waals surface area contributed by atoms with Crippen molar-refractivity contribution in [3.05, 3.63) is 65.7 Å². The third-order valence-corrected chi connectivity index (χ3v) is 6.40. The fourth-order valence-electron chi connectivity index (χ4n) is 3.83. The van der Waals surface area contributed by atoms with Crippen molar-refractivity contribution in [1.29, 1.82) is 0 Å². The smallest absolute Gasteiger partial charge is 0.447 e. The first-order chi connectivity index (χ1) is 14.7. The van der Waals surface area contributed by atoms with Gasteiger partial charge in [-0.1, -0.05) is 54.6 Å². The third kappa shape index (κ3) is 4.38. The Bertz CT molecular complexity index is 942. The first-order valence-corrected chi connectivity index (χ1v) is 10.6. The molecule has 0 unspecified atom stereocenters. The van der Waals surface area contributed by atoms with E-state index in [1.807, 2.05) is 82.3 Å². The van der Waals surface area contributed by atoms with Crippen molar-refractivity contribution in [3.8, 4) is 0 Å². The zero-order valence-corrected chi connectivity index (χ0v) is 18.5. The van der Waals surface area contributed by atoms with Crippen LogP contribution in [0.5, 0.6) is 0 Å². The molecular formula is C24H28BNO5. The lowest BCUT2D eigenvalue weighted by Gasteiger charge is -2.32. The fourth-order valence-corrected chi connectivity index (χ4v) is 3.83. The number of benzene rings is 2. The van der Waals surface area contributed by atoms with Crippen molar-refractivity contribution in [2.24, 2.45) is 0 Å². The van der Waals surface area contributed by atoms with E-state index in [-0.39, 0.29) is 25.0 Å². The SMILES string of the molecule is CC1(C)OB(c2ccc(CC(=O)N3C(=O)OC[C@H]3Cc3ccccc3)cc2)OC1(C)C. The van der Waals surface area contributed by atoms with Crippen LogP contribution in [0.25, 0.3) is 0 Å². The number of rotatable bonds is 5. The predicted molar refractivity (Wildman–Crippen MR) is 118 cm³/mol. The normalized spacial score (nSPS) is 21.9. The molecule has 0 aromatic heterocycles. The number of nitrogens with zero attached hydrogens (tertiary/aromatic N) is 1. The molecule has 7 heteroatoms. The Balaban J connectivity index is 1.42. The molecule has 0 aliphatic carbocycles. The van der Waals surface area contributed by atoms with Crippen LogP contribution < -0.4 is 5.46 Å². The Morgan fingerprint density at radius 2 is 1.58 bits per heavy atom. The number of hydrogen-bond donors (Lipinski definition) is 0. The Labute approximate surface area is 183 Å². The lowest BCUT2D eigenvalue weighted by Crippen LogP contribution is -2.41. The molecule has 31 heavy (non-hydrogen) atoms. The van der Waals surface area contributed by atoms with Gasteiger partial charge in [0.05, 0.1) is 23.7 Å². The molecule has 2 amide bonds. The summed E-state index contributed by atoms with van der Waals surface area (Å²) in [4.78, 5) is 26.4. The molecule has 2 aromatic rings. The molecule has 2 aromatic carbocycles. The number of amides is 2. The summed E-state index contributed by atoms with van der Waals surface area (Å²) in [7, 11) is -0.446. The first-order valence-electron chi connectivity index (χ1n) is 10.6. The Morgan fingerprint density at radius 3 is 2.19 bits per heavy atom. The van der Waals surface area contributed by atoms with Crippen LogP contribution in [0.3, 0.4) is 0 Å². The summed E-state index contributed by atoms with van der Waals surface area (Å²) in [6.07, 6.45) is 0.142. The zero-order chi connectivity index (χ0) is 22.2. The summed E-state index contributed by atoms with van der Waals surface area (Å²) in [6.45, 7) is 8.28. The zero-order valence-electron chi connectivity index (χ0n) is 18.5. The Kier molecular flexibility index (Phi) is 5.66. The first kappa shape index (κ1) is 21.6. The molecule has 1 atom stereocenters. The number of carbonyl (C=O) groups excluding carboxylic acids is 2. The summed E-state index contributed by atoms with van der Waals surface area (Å²) in [5, 5.41) is 0. The predicted octanol–water partition coefficient (Wildman–Crippen LogP) is 3.12. The average molecular weight is 421 g/mol. The highest BCUT2D eigenvalue weighted by Gasteiger charge is 2.51. The minimum absolute atomic E-state index is 0.129. The van der Waals surface area contributed by atoms with E-state index in [1.54, 1.807) is 0 Å². The van der Waals surface area contributed by atoms with Crippen molar-refractivity contribution >= 4 is 24.6 Å². The monoisotopic (exact) mass is 421 g/mol. The number of carbonyl (C=O) groups is 2.